The number of nitrogens with zero attached hydrogens (tertiary/aromatic N) is 1. The summed E-state index contributed by atoms with van der Waals surface area (Å²) >= 11 is 3.80. The van der Waals surface area contributed by atoms with E-state index in [0.29, 0.717) is 0 Å². The van der Waals surface area contributed by atoms with Gasteiger partial charge in [-0.25, -0.2) is 4.40 Å². The van der Waals surface area contributed by atoms with Crippen LogP contribution in [0, 0.1) is 0 Å². The molecule has 3 heteroatoms. The van der Waals surface area contributed by atoms with Gasteiger partial charge in [-0.15, -0.1) is 0 Å². The summed E-state index contributed by atoms with van der Waals surface area (Å²) in [5.74, 6) is 0. The van der Waals surface area contributed by atoms with Crippen molar-refractivity contribution in [2.24, 2.45) is 4.40 Å². The van der Waals surface area contributed by atoms with Crippen LogP contribution < -0.4 is 0 Å². The molecule has 0 aliphatic carbocycles. The molecule has 0 radical (unpaired) electrons. The molecule has 0 saturated carbocycles. The first-order valence-corrected chi connectivity index (χ1v) is 3.11. The molecule has 1 aliphatic heterocycles. The van der Waals surface area contributed by atoms with Gasteiger partial charge in [0.15, 0.2) is 0 Å². The van der Waals surface area contributed by atoms with Crippen molar-refractivity contribution in [1.29, 1.82) is 0 Å². The van der Waals surface area contributed by atoms with Crippen LogP contribution in [0.2, 0.25) is 0 Å². The largest absolute Gasteiger partial charge is 0.381 e. The van der Waals surface area contributed by atoms with E-state index < -0.39 is 0 Å². The first-order valence-electron chi connectivity index (χ1n) is 2.71. The lowest BCUT2D eigenvalue weighted by Crippen LogP contribution is -2.14. The van der Waals surface area contributed by atoms with Crippen LogP contribution in [0.3, 0.4) is 0 Å². The molecule has 0 spiro atoms. The lowest BCUT2D eigenvalue weighted by Gasteiger charge is -2.11. The van der Waals surface area contributed by atoms with Crippen LogP contribution in [-0.4, -0.2) is 18.9 Å². The summed E-state index contributed by atoms with van der Waals surface area (Å²) in [6.45, 7) is 1.64. The third-order valence-electron chi connectivity index (χ3n) is 1.21. The molecular formula is C5H9NOS. The summed E-state index contributed by atoms with van der Waals surface area (Å²) in [4.78, 5) is 0. The van der Waals surface area contributed by atoms with E-state index in [1.807, 2.05) is 0 Å². The van der Waals surface area contributed by atoms with Crippen LogP contribution >= 0.6 is 12.8 Å². The van der Waals surface area contributed by atoms with Gasteiger partial charge in [0.25, 0.3) is 0 Å². The third-order valence-corrected chi connectivity index (χ3v) is 1.49. The lowest BCUT2D eigenvalue weighted by atomic mass is 10.2. The van der Waals surface area contributed by atoms with Gasteiger partial charge in [0.1, 0.15) is 0 Å². The average molecular weight is 131 g/mol. The summed E-state index contributed by atoms with van der Waals surface area (Å²) in [6, 6.07) is 0. The standard InChI is InChI=1S/C5H9NOS/c8-6-5-1-3-7-4-2-5/h8H,1-4H2. The van der Waals surface area contributed by atoms with Gasteiger partial charge in [-0.1, -0.05) is 0 Å². The Bertz CT molecular complexity index is 94.6. The fraction of sp³-hybridized carbons (Fsp3) is 0.800. The highest BCUT2D eigenvalue weighted by Gasteiger charge is 2.04. The third kappa shape index (κ3) is 1.49. The fourth-order valence-corrected chi connectivity index (χ4v) is 0.907. The first kappa shape index (κ1) is 6.11. The predicted octanol–water partition coefficient (Wildman–Crippen LogP) is 1.08. The van der Waals surface area contributed by atoms with Crippen molar-refractivity contribution >= 4 is 18.5 Å². The zero-order valence-electron chi connectivity index (χ0n) is 4.63. The van der Waals surface area contributed by atoms with E-state index in [2.05, 4.69) is 17.2 Å². The second kappa shape index (κ2) is 3.10. The van der Waals surface area contributed by atoms with Crippen molar-refractivity contribution < 1.29 is 4.74 Å². The van der Waals surface area contributed by atoms with Gasteiger partial charge in [0.05, 0.1) is 13.2 Å². The topological polar surface area (TPSA) is 21.6 Å². The maximum Gasteiger partial charge on any atom is 0.0518 e. The Kier molecular flexibility index (Phi) is 2.36. The molecule has 1 aliphatic rings. The van der Waals surface area contributed by atoms with E-state index in [1.165, 1.54) is 5.71 Å². The smallest absolute Gasteiger partial charge is 0.0518 e. The van der Waals surface area contributed by atoms with E-state index >= 15 is 0 Å². The lowest BCUT2D eigenvalue weighted by molar-refractivity contribution is 0.135. The normalized spacial score (nSPS) is 20.9. The molecule has 1 rings (SSSR count). The number of hydrogen-bond acceptors (Lipinski definition) is 3. The summed E-state index contributed by atoms with van der Waals surface area (Å²) < 4.78 is 8.87. The number of ether oxygens (including phenoxy) is 1. The zero-order chi connectivity index (χ0) is 5.82. The highest BCUT2D eigenvalue weighted by molar-refractivity contribution is 7.79. The molecule has 1 heterocycles. The highest BCUT2D eigenvalue weighted by atomic mass is 32.1. The molecule has 1 saturated heterocycles. The second-order valence-corrected chi connectivity index (χ2v) is 1.98. The molecule has 8 heavy (non-hydrogen) atoms. The summed E-state index contributed by atoms with van der Waals surface area (Å²) in [6.07, 6.45) is 1.92. The van der Waals surface area contributed by atoms with Crippen LogP contribution in [0.1, 0.15) is 12.8 Å². The maximum absolute atomic E-state index is 5.09. The zero-order valence-corrected chi connectivity index (χ0v) is 5.53. The molecule has 0 aromatic rings. The number of rotatable bonds is 0. The Labute approximate surface area is 54.5 Å². The monoisotopic (exact) mass is 131 g/mol. The SMILES string of the molecule is SN=C1CCOCC1. The average Bonchev–Trinajstić information content (AvgIpc) is 1.90. The van der Waals surface area contributed by atoms with Gasteiger partial charge in [-0.3, -0.25) is 0 Å². The maximum atomic E-state index is 5.09. The Morgan fingerprint density at radius 1 is 1.38 bits per heavy atom. The van der Waals surface area contributed by atoms with E-state index in [-0.39, 0.29) is 0 Å². The van der Waals surface area contributed by atoms with Gasteiger partial charge < -0.3 is 4.74 Å². The van der Waals surface area contributed by atoms with Crippen LogP contribution in [0.4, 0.5) is 0 Å². The second-order valence-electron chi connectivity index (χ2n) is 1.78. The molecule has 1 fully saturated rings. The highest BCUT2D eigenvalue weighted by Crippen LogP contribution is 2.02. The fourth-order valence-electron chi connectivity index (χ4n) is 0.707. The molecule has 0 aromatic carbocycles. The van der Waals surface area contributed by atoms with Gasteiger partial charge in [0.2, 0.25) is 0 Å². The molecule has 46 valence electrons. The summed E-state index contributed by atoms with van der Waals surface area (Å²) in [7, 11) is 0. The minimum atomic E-state index is 0.819. The van der Waals surface area contributed by atoms with E-state index in [4.69, 9.17) is 4.74 Å². The van der Waals surface area contributed by atoms with Crippen molar-refractivity contribution in [2.45, 2.75) is 12.8 Å². The van der Waals surface area contributed by atoms with Crippen molar-refractivity contribution in [3.63, 3.8) is 0 Å². The summed E-state index contributed by atoms with van der Waals surface area (Å²) in [5, 5.41) is 0. The molecule has 0 N–H and O–H groups in total. The minimum Gasteiger partial charge on any atom is -0.381 e. The quantitative estimate of drug-likeness (QED) is 0.488. The van der Waals surface area contributed by atoms with Crippen molar-refractivity contribution in [1.82, 2.24) is 0 Å². The van der Waals surface area contributed by atoms with Crippen molar-refractivity contribution in [2.75, 3.05) is 13.2 Å². The molecule has 2 nitrogen and oxygen atoms in total. The van der Waals surface area contributed by atoms with Crippen molar-refractivity contribution in [3.05, 3.63) is 0 Å². The molecule has 0 atom stereocenters. The van der Waals surface area contributed by atoms with Gasteiger partial charge >= 0.3 is 0 Å². The number of hydrogen-bond donors (Lipinski definition) is 1. The summed E-state index contributed by atoms with van der Waals surface area (Å²) in [5.41, 5.74) is 1.17. The molecule has 0 bridgehead atoms. The first-order chi connectivity index (χ1) is 3.93. The van der Waals surface area contributed by atoms with E-state index in [9.17, 15) is 0 Å². The van der Waals surface area contributed by atoms with E-state index in [1.54, 1.807) is 0 Å². The van der Waals surface area contributed by atoms with Gasteiger partial charge in [-0.05, 0) is 12.8 Å². The Morgan fingerprint density at radius 3 is 2.38 bits per heavy atom. The van der Waals surface area contributed by atoms with Crippen molar-refractivity contribution in [3.8, 4) is 0 Å². The van der Waals surface area contributed by atoms with Crippen LogP contribution in [0.15, 0.2) is 4.40 Å². The minimum absolute atomic E-state index is 0.819. The molecule has 0 unspecified atom stereocenters. The van der Waals surface area contributed by atoms with Crippen LogP contribution in [0.5, 0.6) is 0 Å². The molecule has 0 aromatic heterocycles. The predicted molar refractivity (Wildman–Crippen MR) is 36.5 cm³/mol. The Hall–Kier alpha value is -0.0200. The Morgan fingerprint density at radius 2 is 2.00 bits per heavy atom. The van der Waals surface area contributed by atoms with Gasteiger partial charge in [0, 0.05) is 18.6 Å². The molecule has 0 amide bonds. The van der Waals surface area contributed by atoms with E-state index in [0.717, 1.165) is 26.1 Å². The van der Waals surface area contributed by atoms with Gasteiger partial charge in [-0.2, -0.15) is 0 Å². The molecular weight excluding hydrogens is 122 g/mol. The Balaban J connectivity index is 2.33. The number of thiol groups is 1. The van der Waals surface area contributed by atoms with Crippen LogP contribution in [-0.2, 0) is 4.74 Å². The van der Waals surface area contributed by atoms with Crippen LogP contribution in [0.25, 0.3) is 0 Å².